The van der Waals surface area contributed by atoms with Crippen LogP contribution in [-0.4, -0.2) is 24.5 Å². The highest BCUT2D eigenvalue weighted by molar-refractivity contribution is 5.75. The van der Waals surface area contributed by atoms with Gasteiger partial charge < -0.3 is 16.2 Å². The molecule has 1 saturated heterocycles. The van der Waals surface area contributed by atoms with E-state index in [-0.39, 0.29) is 31.8 Å². The standard InChI is InChI=1S/C13H21NO2.CH3NO.CH4/c1-7-11-5-8-2-3-10(14)4-9(8)6-12(11)13(15)16-7;2-1-3;/h7-12H,2-6,14H2,1H3;1H,(H2,2,3);1H4/t7?,8?,9?,10-,11?,12?;;/m1../s1. The van der Waals surface area contributed by atoms with E-state index in [4.69, 9.17) is 15.3 Å². The largest absolute Gasteiger partial charge is 0.462 e. The Balaban J connectivity index is 0.000000462. The van der Waals surface area contributed by atoms with E-state index in [1.54, 1.807) is 0 Å². The molecule has 0 aromatic rings. The Labute approximate surface area is 121 Å². The van der Waals surface area contributed by atoms with Crippen molar-refractivity contribution in [1.29, 1.82) is 0 Å². The first-order valence-corrected chi connectivity index (χ1v) is 7.18. The molecular formula is C15H28N2O3. The van der Waals surface area contributed by atoms with E-state index in [9.17, 15) is 4.79 Å². The van der Waals surface area contributed by atoms with Crippen molar-refractivity contribution >= 4 is 12.4 Å². The average Bonchev–Trinajstić information content (AvgIpc) is 2.63. The molecule has 5 heteroatoms. The van der Waals surface area contributed by atoms with Crippen LogP contribution in [0.15, 0.2) is 0 Å². The fourth-order valence-electron chi connectivity index (χ4n) is 4.12. The molecule has 0 aromatic heterocycles. The van der Waals surface area contributed by atoms with Crippen molar-refractivity contribution in [3.8, 4) is 0 Å². The summed E-state index contributed by atoms with van der Waals surface area (Å²) in [7, 11) is 0. The molecule has 5 unspecified atom stereocenters. The van der Waals surface area contributed by atoms with Gasteiger partial charge in [0.1, 0.15) is 6.10 Å². The van der Waals surface area contributed by atoms with Crippen LogP contribution in [0.25, 0.3) is 0 Å². The van der Waals surface area contributed by atoms with Gasteiger partial charge in [-0.25, -0.2) is 0 Å². The van der Waals surface area contributed by atoms with Gasteiger partial charge in [0, 0.05) is 12.0 Å². The molecule has 3 aliphatic rings. The van der Waals surface area contributed by atoms with Crippen molar-refractivity contribution in [3.63, 3.8) is 0 Å². The van der Waals surface area contributed by atoms with E-state index < -0.39 is 0 Å². The van der Waals surface area contributed by atoms with E-state index >= 15 is 0 Å². The van der Waals surface area contributed by atoms with Gasteiger partial charge >= 0.3 is 5.97 Å². The topological polar surface area (TPSA) is 95.4 Å². The molecule has 20 heavy (non-hydrogen) atoms. The normalized spacial score (nSPS) is 42.0. The predicted octanol–water partition coefficient (Wildman–Crippen LogP) is 1.44. The minimum Gasteiger partial charge on any atom is -0.462 e. The lowest BCUT2D eigenvalue weighted by Crippen LogP contribution is -2.41. The quantitative estimate of drug-likeness (QED) is 0.519. The van der Waals surface area contributed by atoms with Gasteiger partial charge in [0.25, 0.3) is 0 Å². The van der Waals surface area contributed by atoms with Crippen LogP contribution in [0.2, 0.25) is 0 Å². The number of amides is 1. The SMILES string of the molecule is C.CC1OC(=O)C2CC3C[C@H](N)CCC3CC12.NC=O. The van der Waals surface area contributed by atoms with Crippen molar-refractivity contribution in [2.24, 2.45) is 35.1 Å². The molecule has 6 atom stereocenters. The Bertz CT molecular complexity index is 348. The number of fused-ring (bicyclic) bond motifs is 2. The van der Waals surface area contributed by atoms with Crippen LogP contribution in [0.3, 0.4) is 0 Å². The highest BCUT2D eigenvalue weighted by Gasteiger charge is 2.49. The van der Waals surface area contributed by atoms with Gasteiger partial charge in [-0.2, -0.15) is 0 Å². The second-order valence-corrected chi connectivity index (χ2v) is 6.11. The van der Waals surface area contributed by atoms with Gasteiger partial charge in [-0.15, -0.1) is 0 Å². The summed E-state index contributed by atoms with van der Waals surface area (Å²) >= 11 is 0. The van der Waals surface area contributed by atoms with Gasteiger partial charge in [-0.3, -0.25) is 9.59 Å². The Hall–Kier alpha value is -1.10. The minimum absolute atomic E-state index is 0. The summed E-state index contributed by atoms with van der Waals surface area (Å²) in [6.07, 6.45) is 6.17. The molecule has 1 amide bonds. The number of hydrogen-bond acceptors (Lipinski definition) is 4. The third-order valence-electron chi connectivity index (χ3n) is 5.04. The maximum absolute atomic E-state index is 11.7. The number of primary amides is 1. The van der Waals surface area contributed by atoms with E-state index in [1.165, 1.54) is 19.3 Å². The zero-order chi connectivity index (χ0) is 14.0. The fourth-order valence-corrected chi connectivity index (χ4v) is 4.12. The molecule has 0 radical (unpaired) electrons. The third kappa shape index (κ3) is 3.32. The number of nitrogens with two attached hydrogens (primary N) is 2. The number of cyclic esters (lactones) is 1. The fraction of sp³-hybridized carbons (Fsp3) is 0.867. The summed E-state index contributed by atoms with van der Waals surface area (Å²) in [4.78, 5) is 20.3. The van der Waals surface area contributed by atoms with Crippen LogP contribution in [0.5, 0.6) is 0 Å². The van der Waals surface area contributed by atoms with E-state index in [0.29, 0.717) is 17.9 Å². The molecule has 0 spiro atoms. The molecule has 2 saturated carbocycles. The minimum atomic E-state index is 0. The maximum Gasteiger partial charge on any atom is 0.309 e. The number of ether oxygens (including phenoxy) is 1. The van der Waals surface area contributed by atoms with Crippen LogP contribution >= 0.6 is 0 Å². The Kier molecular flexibility index (Phi) is 5.99. The number of carbonyl (C=O) groups is 2. The third-order valence-corrected chi connectivity index (χ3v) is 5.04. The lowest BCUT2D eigenvalue weighted by Gasteiger charge is -2.42. The number of esters is 1. The van der Waals surface area contributed by atoms with Crippen molar-refractivity contribution < 1.29 is 14.3 Å². The second-order valence-electron chi connectivity index (χ2n) is 6.11. The molecule has 0 aromatic carbocycles. The van der Waals surface area contributed by atoms with Gasteiger partial charge in [-0.05, 0) is 50.9 Å². The highest BCUT2D eigenvalue weighted by Crippen LogP contribution is 2.49. The Morgan fingerprint density at radius 1 is 1.20 bits per heavy atom. The first-order chi connectivity index (χ1) is 9.06. The van der Waals surface area contributed by atoms with Crippen molar-refractivity contribution in [2.75, 3.05) is 0 Å². The average molecular weight is 284 g/mol. The van der Waals surface area contributed by atoms with E-state index in [0.717, 1.165) is 18.8 Å². The molecule has 0 bridgehead atoms. The molecule has 1 heterocycles. The summed E-state index contributed by atoms with van der Waals surface area (Å²) in [6.45, 7) is 2.05. The van der Waals surface area contributed by atoms with Gasteiger partial charge in [0.15, 0.2) is 0 Å². The van der Waals surface area contributed by atoms with Gasteiger partial charge in [-0.1, -0.05) is 7.43 Å². The monoisotopic (exact) mass is 284 g/mol. The summed E-state index contributed by atoms with van der Waals surface area (Å²) in [5, 5.41) is 0. The highest BCUT2D eigenvalue weighted by atomic mass is 16.6. The zero-order valence-corrected chi connectivity index (χ0v) is 11.5. The van der Waals surface area contributed by atoms with Crippen LogP contribution < -0.4 is 11.5 Å². The Morgan fingerprint density at radius 2 is 1.85 bits per heavy atom. The number of rotatable bonds is 0. The first-order valence-electron chi connectivity index (χ1n) is 7.18. The van der Waals surface area contributed by atoms with Crippen molar-refractivity contribution in [1.82, 2.24) is 0 Å². The smallest absolute Gasteiger partial charge is 0.309 e. The lowest BCUT2D eigenvalue weighted by molar-refractivity contribution is -0.144. The van der Waals surface area contributed by atoms with Crippen molar-refractivity contribution in [2.45, 2.75) is 58.6 Å². The molecule has 116 valence electrons. The zero-order valence-electron chi connectivity index (χ0n) is 11.5. The molecule has 4 N–H and O–H groups in total. The van der Waals surface area contributed by atoms with E-state index in [1.807, 2.05) is 0 Å². The van der Waals surface area contributed by atoms with Crippen LogP contribution in [-0.2, 0) is 14.3 Å². The lowest BCUT2D eigenvalue weighted by atomic mass is 9.62. The van der Waals surface area contributed by atoms with E-state index in [2.05, 4.69) is 12.7 Å². The number of hydrogen-bond donors (Lipinski definition) is 2. The van der Waals surface area contributed by atoms with Crippen LogP contribution in [0.4, 0.5) is 0 Å². The maximum atomic E-state index is 11.7. The molecule has 3 rings (SSSR count). The Morgan fingerprint density at radius 3 is 2.50 bits per heavy atom. The van der Waals surface area contributed by atoms with Gasteiger partial charge in [0.05, 0.1) is 5.92 Å². The second kappa shape index (κ2) is 7.07. The molecule has 2 aliphatic carbocycles. The van der Waals surface area contributed by atoms with Crippen LogP contribution in [0, 0.1) is 23.7 Å². The summed E-state index contributed by atoms with van der Waals surface area (Å²) in [5.41, 5.74) is 10.2. The molecule has 5 nitrogen and oxygen atoms in total. The first kappa shape index (κ1) is 17.0. The summed E-state index contributed by atoms with van der Waals surface area (Å²) in [6, 6.07) is 0.368. The molecule has 3 fully saturated rings. The van der Waals surface area contributed by atoms with Crippen molar-refractivity contribution in [3.05, 3.63) is 0 Å². The van der Waals surface area contributed by atoms with Crippen LogP contribution in [0.1, 0.15) is 46.5 Å². The predicted molar refractivity (Wildman–Crippen MR) is 77.6 cm³/mol. The van der Waals surface area contributed by atoms with Gasteiger partial charge in [0.2, 0.25) is 6.41 Å². The summed E-state index contributed by atoms with van der Waals surface area (Å²) in [5.74, 6) is 2.21. The summed E-state index contributed by atoms with van der Waals surface area (Å²) < 4.78 is 5.37. The molecule has 1 aliphatic heterocycles. The number of carbonyl (C=O) groups excluding carboxylic acids is 2. The molecular weight excluding hydrogens is 256 g/mol.